The Morgan fingerprint density at radius 2 is 1.60 bits per heavy atom. The van der Waals surface area contributed by atoms with E-state index < -0.39 is 52.1 Å². The number of ketones is 1. The third-order valence-electron chi connectivity index (χ3n) is 5.47. The molecule has 3 aromatic carbocycles. The van der Waals surface area contributed by atoms with Crippen LogP contribution in [0.25, 0.3) is 10.9 Å². The maximum Gasteiger partial charge on any atom is 0.418 e. The standard InChI is InChI=1S/C26H15F5N4O5/c1-38-20-8-14-19(9-21(20)39-2)33-11-34-25(14)40-13-6-16(27)22(17(28)7-13)23(36)24(37)35-18-4-3-12(10-32)5-15(18)26(29,30)31/h3-9,11H,1-2H3,(H,35,37). The molecule has 0 aliphatic carbocycles. The third kappa shape index (κ3) is 5.44. The molecule has 4 aromatic rings. The quantitative estimate of drug-likeness (QED) is 0.181. The molecule has 1 N–H and O–H groups in total. The van der Waals surface area contributed by atoms with Crippen molar-refractivity contribution in [2.45, 2.75) is 6.18 Å². The number of fused-ring (bicyclic) bond motifs is 1. The summed E-state index contributed by atoms with van der Waals surface area (Å²) in [6.45, 7) is 0. The summed E-state index contributed by atoms with van der Waals surface area (Å²) in [5.74, 6) is -6.54. The first kappa shape index (κ1) is 27.7. The first-order valence-corrected chi connectivity index (χ1v) is 11.0. The minimum absolute atomic E-state index is 0.137. The number of nitrogens with zero attached hydrogens (tertiary/aromatic N) is 3. The molecule has 1 amide bonds. The molecule has 204 valence electrons. The highest BCUT2D eigenvalue weighted by Gasteiger charge is 2.35. The minimum atomic E-state index is -5.01. The van der Waals surface area contributed by atoms with Crippen molar-refractivity contribution in [2.75, 3.05) is 19.5 Å². The number of hydrogen-bond acceptors (Lipinski definition) is 8. The molecular formula is C26H15F5N4O5. The van der Waals surface area contributed by atoms with E-state index in [-0.39, 0.29) is 22.6 Å². The Labute approximate surface area is 221 Å². The summed E-state index contributed by atoms with van der Waals surface area (Å²) in [4.78, 5) is 32.9. The van der Waals surface area contributed by atoms with Gasteiger partial charge < -0.3 is 19.5 Å². The fraction of sp³-hybridized carbons (Fsp3) is 0.115. The van der Waals surface area contributed by atoms with Crippen LogP contribution in [0.4, 0.5) is 27.6 Å². The molecule has 1 heterocycles. The molecule has 14 heteroatoms. The molecule has 40 heavy (non-hydrogen) atoms. The number of Topliss-reactive ketones (excluding diaryl/α,β-unsaturated/α-hetero) is 1. The van der Waals surface area contributed by atoms with Crippen LogP contribution in [0.3, 0.4) is 0 Å². The average molecular weight is 558 g/mol. The number of carbonyl (C=O) groups excluding carboxylic acids is 2. The van der Waals surface area contributed by atoms with E-state index in [0.717, 1.165) is 18.5 Å². The zero-order valence-corrected chi connectivity index (χ0v) is 20.4. The van der Waals surface area contributed by atoms with Gasteiger partial charge in [0.2, 0.25) is 5.88 Å². The highest BCUT2D eigenvalue weighted by atomic mass is 19.4. The monoisotopic (exact) mass is 558 g/mol. The van der Waals surface area contributed by atoms with Gasteiger partial charge in [-0.15, -0.1) is 0 Å². The Hall–Kier alpha value is -5.32. The lowest BCUT2D eigenvalue weighted by Crippen LogP contribution is -2.26. The summed E-state index contributed by atoms with van der Waals surface area (Å²) >= 11 is 0. The molecular weight excluding hydrogens is 543 g/mol. The number of aromatic nitrogens is 2. The SMILES string of the molecule is COc1cc2ncnc(Oc3cc(F)c(C(=O)C(=O)Nc4ccc(C#N)cc4C(F)(F)F)c(F)c3)c2cc1OC. The van der Waals surface area contributed by atoms with Crippen molar-refractivity contribution in [2.24, 2.45) is 0 Å². The molecule has 0 fully saturated rings. The Morgan fingerprint density at radius 1 is 0.950 bits per heavy atom. The van der Waals surface area contributed by atoms with E-state index in [1.165, 1.54) is 32.4 Å². The van der Waals surface area contributed by atoms with E-state index in [9.17, 15) is 31.5 Å². The number of nitrogens with one attached hydrogen (secondary N) is 1. The number of benzene rings is 3. The van der Waals surface area contributed by atoms with E-state index in [2.05, 4.69) is 9.97 Å². The Kier molecular flexibility index (Phi) is 7.49. The second-order valence-electron chi connectivity index (χ2n) is 7.92. The Balaban J connectivity index is 1.63. The van der Waals surface area contributed by atoms with Gasteiger partial charge in [-0.3, -0.25) is 9.59 Å². The molecule has 1 aromatic heterocycles. The van der Waals surface area contributed by atoms with Gasteiger partial charge in [0.25, 0.3) is 11.7 Å². The van der Waals surface area contributed by atoms with Gasteiger partial charge >= 0.3 is 6.18 Å². The first-order valence-electron chi connectivity index (χ1n) is 11.0. The Morgan fingerprint density at radius 3 is 2.20 bits per heavy atom. The number of anilines is 1. The summed E-state index contributed by atoms with van der Waals surface area (Å²) in [7, 11) is 2.80. The molecule has 0 saturated heterocycles. The molecule has 0 atom stereocenters. The first-order chi connectivity index (χ1) is 19.0. The zero-order valence-electron chi connectivity index (χ0n) is 20.4. The summed E-state index contributed by atoms with van der Waals surface area (Å²) in [5.41, 5.74) is -3.66. The van der Waals surface area contributed by atoms with Crippen LogP contribution in [0, 0.1) is 23.0 Å². The Bertz CT molecular complexity index is 1680. The van der Waals surface area contributed by atoms with Crippen molar-refractivity contribution in [1.29, 1.82) is 5.26 Å². The number of nitriles is 1. The van der Waals surface area contributed by atoms with Crippen LogP contribution in [0.1, 0.15) is 21.5 Å². The van der Waals surface area contributed by atoms with Gasteiger partial charge in [-0.05, 0) is 24.3 Å². The predicted octanol–water partition coefficient (Wildman–Crippen LogP) is 5.43. The maximum absolute atomic E-state index is 14.9. The average Bonchev–Trinajstić information content (AvgIpc) is 2.91. The second-order valence-corrected chi connectivity index (χ2v) is 7.92. The van der Waals surface area contributed by atoms with E-state index in [0.29, 0.717) is 29.5 Å². The summed E-state index contributed by atoms with van der Waals surface area (Å²) in [5, 5.41) is 10.8. The van der Waals surface area contributed by atoms with Crippen LogP contribution in [0.15, 0.2) is 48.8 Å². The van der Waals surface area contributed by atoms with Crippen molar-refractivity contribution < 1.29 is 45.8 Å². The third-order valence-corrected chi connectivity index (χ3v) is 5.47. The minimum Gasteiger partial charge on any atom is -0.493 e. The van der Waals surface area contributed by atoms with Gasteiger partial charge in [-0.1, -0.05) is 0 Å². The summed E-state index contributed by atoms with van der Waals surface area (Å²) in [6.07, 6.45) is -3.88. The fourth-order valence-corrected chi connectivity index (χ4v) is 3.63. The van der Waals surface area contributed by atoms with Gasteiger partial charge in [-0.25, -0.2) is 18.7 Å². The molecule has 0 bridgehead atoms. The molecule has 0 saturated carbocycles. The van der Waals surface area contributed by atoms with Gasteiger partial charge in [0.1, 0.15) is 23.7 Å². The number of ether oxygens (including phenoxy) is 3. The summed E-state index contributed by atoms with van der Waals surface area (Å²) < 4.78 is 85.7. The lowest BCUT2D eigenvalue weighted by atomic mass is 10.1. The van der Waals surface area contributed by atoms with Crippen LogP contribution in [0.5, 0.6) is 23.1 Å². The van der Waals surface area contributed by atoms with Crippen LogP contribution < -0.4 is 19.5 Å². The highest BCUT2D eigenvalue weighted by molar-refractivity contribution is 6.46. The van der Waals surface area contributed by atoms with E-state index in [4.69, 9.17) is 19.5 Å². The fourth-order valence-electron chi connectivity index (χ4n) is 3.63. The van der Waals surface area contributed by atoms with Crippen molar-refractivity contribution in [3.8, 4) is 29.2 Å². The van der Waals surface area contributed by atoms with E-state index in [1.807, 2.05) is 0 Å². The molecule has 0 radical (unpaired) electrons. The largest absolute Gasteiger partial charge is 0.493 e. The topological polar surface area (TPSA) is 123 Å². The molecule has 9 nitrogen and oxygen atoms in total. The van der Waals surface area contributed by atoms with Crippen LogP contribution >= 0.6 is 0 Å². The maximum atomic E-state index is 14.9. The molecule has 0 aliphatic heterocycles. The lowest BCUT2D eigenvalue weighted by molar-refractivity contribution is -0.137. The number of methoxy groups -OCH3 is 2. The molecule has 0 spiro atoms. The van der Waals surface area contributed by atoms with Crippen molar-refractivity contribution in [3.63, 3.8) is 0 Å². The van der Waals surface area contributed by atoms with Gasteiger partial charge in [0.15, 0.2) is 11.5 Å². The number of rotatable bonds is 7. The second kappa shape index (κ2) is 10.8. The highest BCUT2D eigenvalue weighted by Crippen LogP contribution is 2.37. The van der Waals surface area contributed by atoms with E-state index in [1.54, 1.807) is 5.32 Å². The van der Waals surface area contributed by atoms with Crippen LogP contribution in [-0.2, 0) is 11.0 Å². The number of hydrogen-bond donors (Lipinski definition) is 1. The van der Waals surface area contributed by atoms with Gasteiger partial charge in [-0.2, -0.15) is 18.4 Å². The van der Waals surface area contributed by atoms with Crippen molar-refractivity contribution in [3.05, 3.63) is 77.1 Å². The molecule has 4 rings (SSSR count). The van der Waals surface area contributed by atoms with Crippen LogP contribution in [-0.4, -0.2) is 35.9 Å². The molecule has 0 unspecified atom stereocenters. The number of amides is 1. The number of alkyl halides is 3. The molecule has 0 aliphatic rings. The lowest BCUT2D eigenvalue weighted by Gasteiger charge is -2.14. The van der Waals surface area contributed by atoms with Crippen molar-refractivity contribution >= 4 is 28.3 Å². The van der Waals surface area contributed by atoms with Crippen LogP contribution in [0.2, 0.25) is 0 Å². The smallest absolute Gasteiger partial charge is 0.418 e. The van der Waals surface area contributed by atoms with E-state index >= 15 is 0 Å². The zero-order chi connectivity index (χ0) is 29.2. The normalized spacial score (nSPS) is 11.1. The van der Waals surface area contributed by atoms with Crippen molar-refractivity contribution in [1.82, 2.24) is 9.97 Å². The number of halogens is 5. The van der Waals surface area contributed by atoms with Gasteiger partial charge in [0, 0.05) is 18.2 Å². The number of carbonyl (C=O) groups is 2. The summed E-state index contributed by atoms with van der Waals surface area (Å²) in [6, 6.07) is 7.86. The van der Waals surface area contributed by atoms with Gasteiger partial charge in [0.05, 0.1) is 53.6 Å². The predicted molar refractivity (Wildman–Crippen MR) is 128 cm³/mol.